The number of fused-ring (bicyclic) bond motifs is 3. The van der Waals surface area contributed by atoms with Gasteiger partial charge >= 0.3 is 41.3 Å². The number of hydrogen-bond acceptors (Lipinski definition) is 0. The van der Waals surface area contributed by atoms with Crippen LogP contribution in [0.25, 0.3) is 11.1 Å². The van der Waals surface area contributed by atoms with Crippen LogP contribution in [0.2, 0.25) is 0 Å². The van der Waals surface area contributed by atoms with Crippen LogP contribution in [0.5, 0.6) is 0 Å². The minimum atomic E-state index is 0. The van der Waals surface area contributed by atoms with Crippen molar-refractivity contribution in [3.05, 3.63) is 71.8 Å². The molecule has 150 valence electrons. The van der Waals surface area contributed by atoms with Crippen molar-refractivity contribution in [2.45, 2.75) is 53.9 Å². The van der Waals surface area contributed by atoms with E-state index in [0.29, 0.717) is 5.41 Å². The maximum atomic E-state index is 3.30. The van der Waals surface area contributed by atoms with E-state index in [4.69, 9.17) is 0 Å². The van der Waals surface area contributed by atoms with Gasteiger partial charge in [0.25, 0.3) is 0 Å². The second kappa shape index (κ2) is 12.9. The summed E-state index contributed by atoms with van der Waals surface area (Å²) in [6.45, 7) is 11.1. The van der Waals surface area contributed by atoms with Crippen LogP contribution in [0.15, 0.2) is 48.5 Å². The van der Waals surface area contributed by atoms with Gasteiger partial charge in [-0.3, -0.25) is 6.08 Å². The minimum Gasteiger partial charge on any atom is -1.00 e. The smallest absolute Gasteiger partial charge is 0.0253 e. The van der Waals surface area contributed by atoms with E-state index >= 15 is 0 Å². The summed E-state index contributed by atoms with van der Waals surface area (Å²) in [6, 6.07) is 18.1. The Hall–Kier alpha value is -0.487. The Morgan fingerprint density at radius 3 is 2.14 bits per heavy atom. The summed E-state index contributed by atoms with van der Waals surface area (Å²) >= 11 is 1.55. The first-order valence-electron chi connectivity index (χ1n) is 9.45. The molecule has 0 nitrogen and oxygen atoms in total. The number of allylic oxidation sites excluding steroid dienone is 2. The average molecular weight is 493 g/mol. The summed E-state index contributed by atoms with van der Waals surface area (Å²) in [5.41, 5.74) is 5.97. The standard InChI is InChI=1S/C13H9.C9H15.C3H6.2ClH.Zr/c1-3-7-12-10(5-1)9-11-6-2-4-8-13(11)12;1-9(2,3)8-6-4-5-7-8;1-3-2;;;/h1-5,7-8H,9H2;7-8H,4,6H2,1-3H3;1-2H3;2*1H;/q2*-1;;;;+2/p-2. The van der Waals surface area contributed by atoms with Gasteiger partial charge in [0.05, 0.1) is 0 Å². The first-order valence-corrected chi connectivity index (χ1v) is 10.7. The Balaban J connectivity index is 0.000000432. The van der Waals surface area contributed by atoms with E-state index in [2.05, 4.69) is 89.2 Å². The first kappa shape index (κ1) is 27.5. The molecule has 0 aliphatic heterocycles. The van der Waals surface area contributed by atoms with Crippen molar-refractivity contribution < 1.29 is 49.0 Å². The fourth-order valence-corrected chi connectivity index (χ4v) is 3.23. The molecule has 2 aromatic rings. The zero-order valence-electron chi connectivity index (χ0n) is 17.6. The van der Waals surface area contributed by atoms with Gasteiger partial charge in [0, 0.05) is 0 Å². The van der Waals surface area contributed by atoms with Crippen molar-refractivity contribution in [2.75, 3.05) is 0 Å². The SMILES string of the molecule is CC(C)(C)C1C=[C-]CC1.C[C](C)=[Zr+2].[Cl-].[Cl-].[c-]1cccc2c1Cc1ccccc1-2. The molecule has 0 radical (unpaired) electrons. The molecule has 2 aliphatic rings. The minimum absolute atomic E-state index is 0. The molecular formula is C25H30Cl2Zr-2. The van der Waals surface area contributed by atoms with E-state index in [-0.39, 0.29) is 24.8 Å². The third-order valence-electron chi connectivity index (χ3n) is 4.65. The van der Waals surface area contributed by atoms with Crippen molar-refractivity contribution in [3.63, 3.8) is 0 Å². The van der Waals surface area contributed by atoms with Crippen LogP contribution in [0, 0.1) is 23.5 Å². The predicted octanol–water partition coefficient (Wildman–Crippen LogP) is 0.613. The number of benzene rings is 2. The Labute approximate surface area is 199 Å². The van der Waals surface area contributed by atoms with Crippen LogP contribution in [0.3, 0.4) is 0 Å². The van der Waals surface area contributed by atoms with E-state index in [1.54, 1.807) is 24.2 Å². The van der Waals surface area contributed by atoms with Gasteiger partial charge in [-0.2, -0.15) is 36.2 Å². The predicted molar refractivity (Wildman–Crippen MR) is 110 cm³/mol. The maximum Gasteiger partial charge on any atom is -0.0253 e. The molecule has 0 saturated carbocycles. The maximum absolute atomic E-state index is 3.30. The quantitative estimate of drug-likeness (QED) is 0.404. The average Bonchev–Trinajstić information content (AvgIpc) is 3.22. The van der Waals surface area contributed by atoms with Crippen LogP contribution < -0.4 is 24.8 Å². The molecular weight excluding hydrogens is 462 g/mol. The monoisotopic (exact) mass is 490 g/mol. The van der Waals surface area contributed by atoms with E-state index < -0.39 is 0 Å². The van der Waals surface area contributed by atoms with Crippen LogP contribution >= 0.6 is 0 Å². The van der Waals surface area contributed by atoms with E-state index in [1.165, 1.54) is 38.3 Å². The van der Waals surface area contributed by atoms with E-state index in [9.17, 15) is 0 Å². The van der Waals surface area contributed by atoms with Crippen LogP contribution in [0.4, 0.5) is 0 Å². The summed E-state index contributed by atoms with van der Waals surface area (Å²) in [6.07, 6.45) is 9.02. The molecule has 2 aromatic carbocycles. The molecule has 0 heterocycles. The number of halogens is 2. The van der Waals surface area contributed by atoms with Crippen LogP contribution in [0.1, 0.15) is 58.6 Å². The molecule has 2 aliphatic carbocycles. The number of hydrogen-bond donors (Lipinski definition) is 0. The largest absolute Gasteiger partial charge is 1.00 e. The summed E-state index contributed by atoms with van der Waals surface area (Å²) in [5.74, 6) is 0.775. The molecule has 28 heavy (non-hydrogen) atoms. The normalized spacial score (nSPS) is 15.5. The van der Waals surface area contributed by atoms with Gasteiger partial charge < -0.3 is 30.9 Å². The molecule has 0 saturated heterocycles. The third-order valence-corrected chi connectivity index (χ3v) is 4.65. The Morgan fingerprint density at radius 2 is 1.61 bits per heavy atom. The van der Waals surface area contributed by atoms with Crippen molar-refractivity contribution >= 4 is 3.21 Å². The van der Waals surface area contributed by atoms with Crippen LogP contribution in [-0.4, -0.2) is 3.21 Å². The molecule has 0 fully saturated rings. The second-order valence-corrected chi connectivity index (χ2v) is 10.7. The molecule has 1 unspecified atom stereocenters. The summed E-state index contributed by atoms with van der Waals surface area (Å²) in [4.78, 5) is 0. The fraction of sp³-hybridized carbons (Fsp3) is 0.400. The molecule has 1 atom stereocenters. The Kier molecular flexibility index (Phi) is 12.7. The van der Waals surface area contributed by atoms with Gasteiger partial charge in [-0.15, -0.1) is 5.56 Å². The Morgan fingerprint density at radius 1 is 1.00 bits per heavy atom. The fourth-order valence-electron chi connectivity index (χ4n) is 3.23. The van der Waals surface area contributed by atoms with Gasteiger partial charge in [0.15, 0.2) is 0 Å². The molecule has 0 spiro atoms. The van der Waals surface area contributed by atoms with Gasteiger partial charge in [-0.25, -0.2) is 0 Å². The summed E-state index contributed by atoms with van der Waals surface area (Å²) in [7, 11) is 0. The van der Waals surface area contributed by atoms with Gasteiger partial charge in [0.1, 0.15) is 0 Å². The zero-order chi connectivity index (χ0) is 19.2. The zero-order valence-corrected chi connectivity index (χ0v) is 21.5. The van der Waals surface area contributed by atoms with Gasteiger partial charge in [-0.1, -0.05) is 68.5 Å². The molecule has 3 heteroatoms. The molecule has 4 rings (SSSR count). The van der Waals surface area contributed by atoms with Crippen molar-refractivity contribution in [3.8, 4) is 11.1 Å². The van der Waals surface area contributed by atoms with Crippen molar-refractivity contribution in [2.24, 2.45) is 11.3 Å². The second-order valence-electron chi connectivity index (χ2n) is 8.28. The first-order chi connectivity index (χ1) is 12.3. The van der Waals surface area contributed by atoms with E-state index in [0.717, 1.165) is 12.3 Å². The number of rotatable bonds is 0. The molecule has 0 bridgehead atoms. The Bertz CT molecular complexity index is 725. The van der Waals surface area contributed by atoms with Gasteiger partial charge in [-0.05, 0) is 11.8 Å². The third kappa shape index (κ3) is 8.48. The van der Waals surface area contributed by atoms with E-state index in [1.807, 2.05) is 6.07 Å². The molecule has 0 aromatic heterocycles. The molecule has 0 amide bonds. The van der Waals surface area contributed by atoms with Crippen LogP contribution in [-0.2, 0) is 30.7 Å². The van der Waals surface area contributed by atoms with Gasteiger partial charge in [0.2, 0.25) is 0 Å². The summed E-state index contributed by atoms with van der Waals surface area (Å²) in [5, 5.41) is 0. The topological polar surface area (TPSA) is 0 Å². The van der Waals surface area contributed by atoms with Crippen molar-refractivity contribution in [1.29, 1.82) is 0 Å². The molecule has 0 N–H and O–H groups in total. The van der Waals surface area contributed by atoms with Crippen molar-refractivity contribution in [1.82, 2.24) is 0 Å². The summed E-state index contributed by atoms with van der Waals surface area (Å²) < 4.78 is 1.51.